The van der Waals surface area contributed by atoms with E-state index < -0.39 is 28.5 Å². The van der Waals surface area contributed by atoms with E-state index in [1.165, 1.54) is 29.2 Å². The monoisotopic (exact) mass is 613 g/mol. The number of ether oxygens (including phenoxy) is 1. The maximum Gasteiger partial charge on any atom is 0.264 e. The van der Waals surface area contributed by atoms with Crippen molar-refractivity contribution in [1.29, 1.82) is 0 Å². The van der Waals surface area contributed by atoms with Crippen LogP contribution in [-0.2, 0) is 26.2 Å². The van der Waals surface area contributed by atoms with Crippen molar-refractivity contribution in [3.63, 3.8) is 0 Å². The second kappa shape index (κ2) is 14.6. The molecule has 226 valence electrons. The van der Waals surface area contributed by atoms with Crippen LogP contribution in [0.4, 0.5) is 5.69 Å². The minimum atomic E-state index is -4.18. The Balaban J connectivity index is 2.08. The molecule has 10 heteroatoms. The van der Waals surface area contributed by atoms with Crippen LogP contribution in [-0.4, -0.2) is 50.9 Å². The lowest BCUT2D eigenvalue weighted by atomic mass is 10.1. The number of aryl methyl sites for hydroxylation is 2. The number of sulfonamides is 1. The average Bonchev–Trinajstić information content (AvgIpc) is 2.97. The Morgan fingerprint density at radius 3 is 2.12 bits per heavy atom. The van der Waals surface area contributed by atoms with Gasteiger partial charge in [-0.3, -0.25) is 13.9 Å². The molecule has 0 aliphatic carbocycles. The number of nitrogens with zero attached hydrogens (tertiary/aromatic N) is 2. The van der Waals surface area contributed by atoms with E-state index in [2.05, 4.69) is 5.32 Å². The molecule has 0 fully saturated rings. The van der Waals surface area contributed by atoms with Gasteiger partial charge in [-0.05, 0) is 98.8 Å². The molecule has 0 radical (unpaired) electrons. The SMILES string of the molecule is CC[C@H](C)NC(=O)[C@H](CC)N(Cc1ccc(OC)cc1)C(=O)CN(c1ccc(C)c(C)c1)S(=O)(=O)c1ccc(Cl)cc1. The lowest BCUT2D eigenvalue weighted by molar-refractivity contribution is -0.140. The molecule has 42 heavy (non-hydrogen) atoms. The smallest absolute Gasteiger partial charge is 0.264 e. The average molecular weight is 614 g/mol. The molecule has 0 aliphatic heterocycles. The molecule has 0 bridgehead atoms. The maximum absolute atomic E-state index is 14.2. The summed E-state index contributed by atoms with van der Waals surface area (Å²) in [5.41, 5.74) is 2.99. The van der Waals surface area contributed by atoms with Crippen molar-refractivity contribution >= 4 is 39.1 Å². The minimum Gasteiger partial charge on any atom is -0.497 e. The van der Waals surface area contributed by atoms with E-state index >= 15 is 0 Å². The molecule has 0 aromatic heterocycles. The van der Waals surface area contributed by atoms with Gasteiger partial charge in [-0.15, -0.1) is 0 Å². The normalized spacial score (nSPS) is 12.7. The summed E-state index contributed by atoms with van der Waals surface area (Å²) >= 11 is 6.03. The molecular weight excluding hydrogens is 574 g/mol. The van der Waals surface area contributed by atoms with Crippen LogP contribution in [0.3, 0.4) is 0 Å². The van der Waals surface area contributed by atoms with E-state index in [1.54, 1.807) is 31.4 Å². The summed E-state index contributed by atoms with van der Waals surface area (Å²) in [6.45, 7) is 9.13. The van der Waals surface area contributed by atoms with Crippen molar-refractivity contribution in [2.24, 2.45) is 0 Å². The molecule has 8 nitrogen and oxygen atoms in total. The number of rotatable bonds is 13. The van der Waals surface area contributed by atoms with Crippen LogP contribution < -0.4 is 14.4 Å². The van der Waals surface area contributed by atoms with E-state index in [4.69, 9.17) is 16.3 Å². The Morgan fingerprint density at radius 1 is 0.929 bits per heavy atom. The highest BCUT2D eigenvalue weighted by atomic mass is 35.5. The molecule has 0 spiro atoms. The Labute approximate surface area is 254 Å². The number of hydrogen-bond donors (Lipinski definition) is 1. The van der Waals surface area contributed by atoms with Crippen LogP contribution >= 0.6 is 11.6 Å². The molecule has 0 aliphatic rings. The summed E-state index contributed by atoms with van der Waals surface area (Å²) in [6.07, 6.45) is 1.08. The van der Waals surface area contributed by atoms with Gasteiger partial charge in [-0.25, -0.2) is 8.42 Å². The molecule has 0 saturated carbocycles. The lowest BCUT2D eigenvalue weighted by Crippen LogP contribution is -2.53. The summed E-state index contributed by atoms with van der Waals surface area (Å²) in [5.74, 6) is -0.132. The van der Waals surface area contributed by atoms with Gasteiger partial charge in [0.15, 0.2) is 0 Å². The Kier molecular flexibility index (Phi) is 11.4. The van der Waals surface area contributed by atoms with Crippen LogP contribution in [0, 0.1) is 13.8 Å². The Bertz CT molecular complexity index is 1480. The zero-order valence-corrected chi connectivity index (χ0v) is 26.6. The van der Waals surface area contributed by atoms with Crippen LogP contribution in [0.5, 0.6) is 5.75 Å². The molecule has 0 heterocycles. The summed E-state index contributed by atoms with van der Waals surface area (Å²) in [4.78, 5) is 29.1. The highest BCUT2D eigenvalue weighted by Gasteiger charge is 2.34. The van der Waals surface area contributed by atoms with Crippen molar-refractivity contribution < 1.29 is 22.7 Å². The predicted octanol–water partition coefficient (Wildman–Crippen LogP) is 5.88. The number of benzene rings is 3. The van der Waals surface area contributed by atoms with E-state index in [9.17, 15) is 18.0 Å². The molecule has 2 amide bonds. The number of methoxy groups -OCH3 is 1. The van der Waals surface area contributed by atoms with Gasteiger partial charge in [0, 0.05) is 17.6 Å². The standard InChI is InChI=1S/C32H40ClN3O5S/c1-7-24(5)34-32(38)30(8-2)35(20-25-10-15-28(41-6)16-11-25)31(37)21-36(27-14-9-22(3)23(4)19-27)42(39,40)29-17-12-26(33)13-18-29/h9-19,24,30H,7-8,20-21H2,1-6H3,(H,34,38)/t24-,30-/m0/s1. The fourth-order valence-electron chi connectivity index (χ4n) is 4.43. The third-order valence-electron chi connectivity index (χ3n) is 7.36. The zero-order valence-electron chi connectivity index (χ0n) is 25.1. The van der Waals surface area contributed by atoms with Crippen molar-refractivity contribution in [1.82, 2.24) is 10.2 Å². The number of carbonyl (C=O) groups excluding carboxylic acids is 2. The zero-order chi connectivity index (χ0) is 31.0. The molecule has 3 aromatic carbocycles. The molecule has 3 aromatic rings. The first kappa shape index (κ1) is 32.9. The maximum atomic E-state index is 14.2. The van der Waals surface area contributed by atoms with Crippen LogP contribution in [0.2, 0.25) is 5.02 Å². The third kappa shape index (κ3) is 8.04. The number of anilines is 1. The van der Waals surface area contributed by atoms with Crippen LogP contribution in [0.15, 0.2) is 71.6 Å². The number of carbonyl (C=O) groups is 2. The largest absolute Gasteiger partial charge is 0.497 e. The molecule has 1 N–H and O–H groups in total. The van der Waals surface area contributed by atoms with Gasteiger partial charge in [0.2, 0.25) is 11.8 Å². The Hall–Kier alpha value is -3.56. The van der Waals surface area contributed by atoms with Crippen molar-refractivity contribution in [3.8, 4) is 5.75 Å². The number of halogens is 1. The van der Waals surface area contributed by atoms with Gasteiger partial charge in [0.25, 0.3) is 10.0 Å². The molecule has 3 rings (SSSR count). The molecular formula is C32H40ClN3O5S. The number of nitrogens with one attached hydrogen (secondary N) is 1. The van der Waals surface area contributed by atoms with Gasteiger partial charge in [0.1, 0.15) is 18.3 Å². The van der Waals surface area contributed by atoms with Gasteiger partial charge in [-0.1, -0.05) is 43.6 Å². The summed E-state index contributed by atoms with van der Waals surface area (Å²) in [6, 6.07) is 17.4. The summed E-state index contributed by atoms with van der Waals surface area (Å²) in [7, 11) is -2.61. The third-order valence-corrected chi connectivity index (χ3v) is 9.40. The second-order valence-corrected chi connectivity index (χ2v) is 12.6. The fraction of sp³-hybridized carbons (Fsp3) is 0.375. The second-order valence-electron chi connectivity index (χ2n) is 10.3. The van der Waals surface area contributed by atoms with E-state index in [-0.39, 0.29) is 23.4 Å². The highest BCUT2D eigenvalue weighted by Crippen LogP contribution is 2.27. The molecule has 0 saturated heterocycles. The highest BCUT2D eigenvalue weighted by molar-refractivity contribution is 7.92. The predicted molar refractivity (Wildman–Crippen MR) is 167 cm³/mol. The van der Waals surface area contributed by atoms with Crippen molar-refractivity contribution in [2.75, 3.05) is 18.0 Å². The molecule has 0 unspecified atom stereocenters. The quantitative estimate of drug-likeness (QED) is 0.260. The van der Waals surface area contributed by atoms with Gasteiger partial charge in [0.05, 0.1) is 17.7 Å². The van der Waals surface area contributed by atoms with Gasteiger partial charge in [-0.2, -0.15) is 0 Å². The molecule has 2 atom stereocenters. The van der Waals surface area contributed by atoms with Gasteiger partial charge < -0.3 is 15.0 Å². The van der Waals surface area contributed by atoms with Crippen molar-refractivity contribution in [3.05, 3.63) is 88.4 Å². The summed E-state index contributed by atoms with van der Waals surface area (Å²) < 4.78 is 34.4. The van der Waals surface area contributed by atoms with E-state index in [0.29, 0.717) is 22.9 Å². The number of hydrogen-bond acceptors (Lipinski definition) is 5. The first-order valence-electron chi connectivity index (χ1n) is 14.0. The fourth-order valence-corrected chi connectivity index (χ4v) is 5.96. The van der Waals surface area contributed by atoms with Gasteiger partial charge >= 0.3 is 0 Å². The number of amides is 2. The van der Waals surface area contributed by atoms with Crippen molar-refractivity contribution in [2.45, 2.75) is 71.0 Å². The first-order valence-corrected chi connectivity index (χ1v) is 15.8. The Morgan fingerprint density at radius 2 is 1.57 bits per heavy atom. The summed E-state index contributed by atoms with van der Waals surface area (Å²) in [5, 5.41) is 3.38. The minimum absolute atomic E-state index is 0.00110. The van der Waals surface area contributed by atoms with E-state index in [0.717, 1.165) is 27.4 Å². The lowest BCUT2D eigenvalue weighted by Gasteiger charge is -2.34. The topological polar surface area (TPSA) is 96.0 Å². The van der Waals surface area contributed by atoms with Crippen LogP contribution in [0.1, 0.15) is 50.3 Å². The van der Waals surface area contributed by atoms with Crippen LogP contribution in [0.25, 0.3) is 0 Å². The van der Waals surface area contributed by atoms with E-state index in [1.807, 2.05) is 52.8 Å². The first-order chi connectivity index (χ1) is 19.9.